The molecule has 1 saturated carbocycles. The molecule has 48 heavy (non-hydrogen) atoms. The van der Waals surface area contributed by atoms with E-state index < -0.39 is 36.8 Å². The SMILES string of the molecule is C=CC(=O)CCOc1cc(C(=O)OC2CCC(OC(=O)c3ccc(OCOC(=O)C=C)c(C)c3)CC2C)cc(C)c1OCOC(=O)C=C. The molecule has 3 unspecified atom stereocenters. The molecular formula is C36H40O12. The maximum atomic E-state index is 13.3. The number of ketones is 1. The second-order valence-electron chi connectivity index (χ2n) is 11.0. The van der Waals surface area contributed by atoms with Crippen molar-refractivity contribution in [2.24, 2.45) is 5.92 Å². The van der Waals surface area contributed by atoms with Gasteiger partial charge in [-0.05, 0) is 86.6 Å². The maximum absolute atomic E-state index is 13.3. The van der Waals surface area contributed by atoms with Crippen LogP contribution in [0.1, 0.15) is 64.4 Å². The Kier molecular flexibility index (Phi) is 14.0. The summed E-state index contributed by atoms with van der Waals surface area (Å²) in [6, 6.07) is 7.81. The lowest BCUT2D eigenvalue weighted by Gasteiger charge is -2.33. The molecule has 0 aliphatic heterocycles. The van der Waals surface area contributed by atoms with Crippen molar-refractivity contribution in [2.45, 2.75) is 58.7 Å². The predicted octanol–water partition coefficient (Wildman–Crippen LogP) is 5.53. The highest BCUT2D eigenvalue weighted by Crippen LogP contribution is 2.35. The number of carbonyl (C=O) groups is 5. The zero-order chi connectivity index (χ0) is 35.2. The van der Waals surface area contributed by atoms with E-state index in [1.807, 2.05) is 6.92 Å². The number of allylic oxidation sites excluding steroid dienone is 1. The topological polar surface area (TPSA) is 150 Å². The molecule has 3 atom stereocenters. The minimum absolute atomic E-state index is 0.00389. The second kappa shape index (κ2) is 18.1. The van der Waals surface area contributed by atoms with Crippen LogP contribution in [0, 0.1) is 19.8 Å². The van der Waals surface area contributed by atoms with Crippen molar-refractivity contribution < 1.29 is 57.1 Å². The van der Waals surface area contributed by atoms with Crippen LogP contribution in [0.15, 0.2) is 68.3 Å². The molecule has 2 aromatic carbocycles. The minimum Gasteiger partial charge on any atom is -0.489 e. The maximum Gasteiger partial charge on any atom is 0.338 e. The Balaban J connectivity index is 1.60. The third kappa shape index (κ3) is 10.9. The monoisotopic (exact) mass is 664 g/mol. The Morgan fingerprint density at radius 3 is 2.02 bits per heavy atom. The molecule has 0 N–H and O–H groups in total. The quantitative estimate of drug-likeness (QED) is 0.0906. The van der Waals surface area contributed by atoms with Gasteiger partial charge >= 0.3 is 23.9 Å². The first-order valence-electron chi connectivity index (χ1n) is 15.2. The Hall–Kier alpha value is -5.39. The smallest absolute Gasteiger partial charge is 0.338 e. The molecule has 1 aliphatic carbocycles. The lowest BCUT2D eigenvalue weighted by molar-refractivity contribution is -0.145. The number of esters is 4. The van der Waals surface area contributed by atoms with E-state index in [1.165, 1.54) is 12.1 Å². The van der Waals surface area contributed by atoms with Crippen LogP contribution in [0.3, 0.4) is 0 Å². The number of aryl methyl sites for hydroxylation is 2. The second-order valence-corrected chi connectivity index (χ2v) is 11.0. The van der Waals surface area contributed by atoms with Crippen LogP contribution in [0.2, 0.25) is 0 Å². The molecule has 1 aliphatic rings. The Morgan fingerprint density at radius 1 is 0.750 bits per heavy atom. The molecule has 0 amide bonds. The summed E-state index contributed by atoms with van der Waals surface area (Å²) in [6.07, 6.45) is 3.93. The van der Waals surface area contributed by atoms with Crippen LogP contribution in [-0.2, 0) is 33.3 Å². The van der Waals surface area contributed by atoms with Crippen molar-refractivity contribution in [1.29, 1.82) is 0 Å². The molecule has 3 rings (SSSR count). The van der Waals surface area contributed by atoms with Gasteiger partial charge in [0.05, 0.1) is 17.7 Å². The van der Waals surface area contributed by atoms with Crippen LogP contribution >= 0.6 is 0 Å². The molecule has 0 spiro atoms. The van der Waals surface area contributed by atoms with E-state index in [0.717, 1.165) is 12.2 Å². The van der Waals surface area contributed by atoms with E-state index in [0.29, 0.717) is 41.7 Å². The summed E-state index contributed by atoms with van der Waals surface area (Å²) < 4.78 is 38.2. The van der Waals surface area contributed by atoms with Crippen LogP contribution in [-0.4, -0.2) is 62.1 Å². The number of hydrogen-bond acceptors (Lipinski definition) is 12. The lowest BCUT2D eigenvalue weighted by atomic mass is 9.85. The van der Waals surface area contributed by atoms with E-state index in [2.05, 4.69) is 19.7 Å². The molecule has 12 nitrogen and oxygen atoms in total. The van der Waals surface area contributed by atoms with Crippen LogP contribution < -0.4 is 14.2 Å². The molecule has 0 aromatic heterocycles. The van der Waals surface area contributed by atoms with Gasteiger partial charge in [-0.25, -0.2) is 19.2 Å². The third-order valence-electron chi connectivity index (χ3n) is 7.45. The number of carbonyl (C=O) groups excluding carboxylic acids is 5. The number of ether oxygens (including phenoxy) is 7. The third-order valence-corrected chi connectivity index (χ3v) is 7.45. The largest absolute Gasteiger partial charge is 0.489 e. The summed E-state index contributed by atoms with van der Waals surface area (Å²) in [5.41, 5.74) is 1.72. The average molecular weight is 665 g/mol. The van der Waals surface area contributed by atoms with Gasteiger partial charge < -0.3 is 33.2 Å². The number of benzene rings is 2. The fraction of sp³-hybridized carbons (Fsp3) is 0.361. The molecule has 1 fully saturated rings. The lowest BCUT2D eigenvalue weighted by Crippen LogP contribution is -2.35. The standard InChI is InChI=1S/C36H40O12/c1-7-27(37)14-15-42-31-19-26(17-24(6)34(31)46-21-45-33(39)9-3)36(41)48-30-13-11-28(18-23(30)5)47-35(40)25-10-12-29(22(4)16-25)43-20-44-32(38)8-2/h7-10,12,16-17,19,23,28,30H,1-3,11,13-15,18,20-21H2,4-6H3. The molecule has 0 heterocycles. The summed E-state index contributed by atoms with van der Waals surface area (Å²) >= 11 is 0. The van der Waals surface area contributed by atoms with Crippen LogP contribution in [0.4, 0.5) is 0 Å². The molecule has 12 heteroatoms. The van der Waals surface area contributed by atoms with E-state index in [9.17, 15) is 24.0 Å². The zero-order valence-electron chi connectivity index (χ0n) is 27.3. The van der Waals surface area contributed by atoms with Gasteiger partial charge in [0.2, 0.25) is 13.6 Å². The van der Waals surface area contributed by atoms with E-state index in [-0.39, 0.29) is 54.7 Å². The first kappa shape index (κ1) is 37.1. The van der Waals surface area contributed by atoms with Gasteiger partial charge in [-0.15, -0.1) is 0 Å². The Labute approximate surface area is 279 Å². The highest BCUT2D eigenvalue weighted by atomic mass is 16.7. The number of hydrogen-bond donors (Lipinski definition) is 0. The van der Waals surface area contributed by atoms with Gasteiger partial charge in [0, 0.05) is 18.6 Å². The van der Waals surface area contributed by atoms with Gasteiger partial charge in [0.25, 0.3) is 0 Å². The molecule has 0 bridgehead atoms. The Morgan fingerprint density at radius 2 is 1.40 bits per heavy atom. The summed E-state index contributed by atoms with van der Waals surface area (Å²) in [4.78, 5) is 60.5. The average Bonchev–Trinajstić information content (AvgIpc) is 3.07. The van der Waals surface area contributed by atoms with Crippen molar-refractivity contribution in [1.82, 2.24) is 0 Å². The minimum atomic E-state index is -0.674. The molecule has 0 saturated heterocycles. The van der Waals surface area contributed by atoms with E-state index in [1.54, 1.807) is 38.1 Å². The van der Waals surface area contributed by atoms with Crippen molar-refractivity contribution in [3.63, 3.8) is 0 Å². The van der Waals surface area contributed by atoms with Crippen LogP contribution in [0.5, 0.6) is 17.2 Å². The highest BCUT2D eigenvalue weighted by molar-refractivity contribution is 5.91. The van der Waals surface area contributed by atoms with Crippen molar-refractivity contribution >= 4 is 29.7 Å². The normalized spacial score (nSPS) is 16.8. The fourth-order valence-corrected chi connectivity index (χ4v) is 4.89. The van der Waals surface area contributed by atoms with Gasteiger partial charge in [0.15, 0.2) is 17.3 Å². The molecular weight excluding hydrogens is 624 g/mol. The summed E-state index contributed by atoms with van der Waals surface area (Å²) in [7, 11) is 0. The van der Waals surface area contributed by atoms with Gasteiger partial charge in [0.1, 0.15) is 18.0 Å². The molecule has 2 aromatic rings. The number of rotatable bonds is 17. The summed E-state index contributed by atoms with van der Waals surface area (Å²) in [5, 5.41) is 0. The van der Waals surface area contributed by atoms with Crippen LogP contribution in [0.25, 0.3) is 0 Å². The summed E-state index contributed by atoms with van der Waals surface area (Å²) in [5.74, 6) is -1.84. The van der Waals surface area contributed by atoms with Crippen molar-refractivity contribution in [2.75, 3.05) is 20.2 Å². The van der Waals surface area contributed by atoms with E-state index >= 15 is 0 Å². The van der Waals surface area contributed by atoms with Crippen molar-refractivity contribution in [3.05, 3.63) is 90.6 Å². The van der Waals surface area contributed by atoms with Gasteiger partial charge in [-0.1, -0.05) is 26.7 Å². The zero-order valence-corrected chi connectivity index (χ0v) is 27.3. The highest BCUT2D eigenvalue weighted by Gasteiger charge is 2.33. The molecule has 0 radical (unpaired) electrons. The Bertz CT molecular complexity index is 1540. The van der Waals surface area contributed by atoms with E-state index in [4.69, 9.17) is 33.2 Å². The summed E-state index contributed by atoms with van der Waals surface area (Å²) in [6.45, 7) is 14.8. The first-order valence-corrected chi connectivity index (χ1v) is 15.2. The predicted molar refractivity (Wildman–Crippen MR) is 173 cm³/mol. The molecule has 256 valence electrons. The van der Waals surface area contributed by atoms with Crippen molar-refractivity contribution in [3.8, 4) is 17.2 Å². The first-order chi connectivity index (χ1) is 22.9. The fourth-order valence-electron chi connectivity index (χ4n) is 4.89. The van der Waals surface area contributed by atoms with Gasteiger partial charge in [-0.3, -0.25) is 4.79 Å². The van der Waals surface area contributed by atoms with Gasteiger partial charge in [-0.2, -0.15) is 0 Å².